The average Bonchev–Trinajstić information content (AvgIpc) is 3.03. The minimum atomic E-state index is -0.734. The molecule has 0 bridgehead atoms. The van der Waals surface area contributed by atoms with Gasteiger partial charge in [0.1, 0.15) is 17.3 Å². The van der Waals surface area contributed by atoms with Crippen LogP contribution in [0.5, 0.6) is 11.5 Å². The molecule has 33 heavy (non-hydrogen) atoms. The quantitative estimate of drug-likeness (QED) is 0.347. The van der Waals surface area contributed by atoms with E-state index in [1.54, 1.807) is 42.5 Å². The Morgan fingerprint density at radius 3 is 2.39 bits per heavy atom. The number of carbonyl (C=O) groups is 2. The van der Waals surface area contributed by atoms with Crippen LogP contribution in [0.25, 0.3) is 5.76 Å². The highest BCUT2D eigenvalue weighted by Crippen LogP contribution is 2.40. The van der Waals surface area contributed by atoms with Gasteiger partial charge in [-0.3, -0.25) is 9.59 Å². The van der Waals surface area contributed by atoms with Gasteiger partial charge in [0.15, 0.2) is 0 Å². The number of likely N-dealkylation sites (tertiary alicyclic amines) is 1. The highest BCUT2D eigenvalue weighted by molar-refractivity contribution is 6.46. The molecule has 1 fully saturated rings. The van der Waals surface area contributed by atoms with Crippen LogP contribution in [0.3, 0.4) is 0 Å². The van der Waals surface area contributed by atoms with E-state index in [9.17, 15) is 14.7 Å². The fraction of sp³-hybridized carbons (Fsp3) is 0.385. The van der Waals surface area contributed by atoms with Crippen molar-refractivity contribution in [3.8, 4) is 11.5 Å². The van der Waals surface area contributed by atoms with Crippen molar-refractivity contribution in [2.45, 2.75) is 39.8 Å². The molecule has 7 nitrogen and oxygen atoms in total. The predicted molar refractivity (Wildman–Crippen MR) is 125 cm³/mol. The third-order valence-electron chi connectivity index (χ3n) is 5.39. The maximum atomic E-state index is 13.0. The van der Waals surface area contributed by atoms with E-state index in [0.29, 0.717) is 29.2 Å². The maximum absolute atomic E-state index is 13.0. The van der Waals surface area contributed by atoms with Crippen LogP contribution < -0.4 is 9.47 Å². The van der Waals surface area contributed by atoms with Gasteiger partial charge in [-0.25, -0.2) is 0 Å². The molecular formula is C26H31NO6. The van der Waals surface area contributed by atoms with Crippen molar-refractivity contribution in [1.29, 1.82) is 0 Å². The van der Waals surface area contributed by atoms with Gasteiger partial charge in [-0.05, 0) is 69.2 Å². The number of hydrogen-bond donors (Lipinski definition) is 1. The van der Waals surface area contributed by atoms with E-state index in [4.69, 9.17) is 14.2 Å². The Hall–Kier alpha value is -3.32. The molecule has 0 unspecified atom stereocenters. The number of ether oxygens (including phenoxy) is 3. The summed E-state index contributed by atoms with van der Waals surface area (Å²) in [4.78, 5) is 27.4. The Morgan fingerprint density at radius 2 is 1.82 bits per heavy atom. The molecule has 0 aromatic heterocycles. The first-order chi connectivity index (χ1) is 15.8. The van der Waals surface area contributed by atoms with Crippen molar-refractivity contribution in [1.82, 2.24) is 4.90 Å². The highest BCUT2D eigenvalue weighted by atomic mass is 16.5. The van der Waals surface area contributed by atoms with Gasteiger partial charge in [-0.2, -0.15) is 0 Å². The number of aliphatic hydroxyl groups excluding tert-OH is 1. The zero-order chi connectivity index (χ0) is 24.1. The number of ketones is 1. The largest absolute Gasteiger partial charge is 0.507 e. The number of Topliss-reactive ketones (excluding diaryl/α,β-unsaturated/α-hetero) is 1. The molecule has 0 radical (unpaired) electrons. The second-order valence-corrected chi connectivity index (χ2v) is 8.13. The van der Waals surface area contributed by atoms with E-state index < -0.39 is 17.7 Å². The Morgan fingerprint density at radius 1 is 1.12 bits per heavy atom. The molecule has 176 valence electrons. The second-order valence-electron chi connectivity index (χ2n) is 8.13. The second kappa shape index (κ2) is 10.5. The molecule has 0 saturated carbocycles. The molecule has 1 aliphatic heterocycles. The molecule has 1 heterocycles. The number of aryl methyl sites for hydroxylation is 1. The fourth-order valence-corrected chi connectivity index (χ4v) is 3.90. The van der Waals surface area contributed by atoms with Crippen molar-refractivity contribution >= 4 is 17.4 Å². The Bertz CT molecular complexity index is 1040. The summed E-state index contributed by atoms with van der Waals surface area (Å²) in [6, 6.07) is 11.7. The standard InChI is InChI=1S/C26H31NO6/c1-6-32-20-10-7-18(8-11-20)23-22(25(29)26(30)27(23)13-14-31-5)24(28)19-9-12-21(17(4)15-19)33-16(2)3/h7-12,15-16,23,28H,6,13-14H2,1-5H3/t23-/m0/s1. The molecular weight excluding hydrogens is 422 g/mol. The van der Waals surface area contributed by atoms with E-state index in [1.165, 1.54) is 12.0 Å². The minimum absolute atomic E-state index is 0.00826. The first-order valence-electron chi connectivity index (χ1n) is 11.1. The number of carbonyl (C=O) groups excluding carboxylic acids is 2. The molecule has 2 aromatic rings. The lowest BCUT2D eigenvalue weighted by Crippen LogP contribution is -2.32. The molecule has 0 aliphatic carbocycles. The predicted octanol–water partition coefficient (Wildman–Crippen LogP) is 4.25. The van der Waals surface area contributed by atoms with Gasteiger partial charge < -0.3 is 24.2 Å². The zero-order valence-corrected chi connectivity index (χ0v) is 19.8. The van der Waals surface area contributed by atoms with E-state index in [2.05, 4.69) is 0 Å². The lowest BCUT2D eigenvalue weighted by Gasteiger charge is -2.25. The SMILES string of the molecule is CCOc1ccc([C@H]2C(=C(O)c3ccc(OC(C)C)c(C)c3)C(=O)C(=O)N2CCOC)cc1. The summed E-state index contributed by atoms with van der Waals surface area (Å²) < 4.78 is 16.4. The number of rotatable bonds is 9. The third-order valence-corrected chi connectivity index (χ3v) is 5.39. The topological polar surface area (TPSA) is 85.3 Å². The summed E-state index contributed by atoms with van der Waals surface area (Å²) in [5.74, 6) is -0.213. The first kappa shape index (κ1) is 24.3. The van der Waals surface area contributed by atoms with Gasteiger partial charge in [0.25, 0.3) is 11.7 Å². The van der Waals surface area contributed by atoms with Crippen molar-refractivity contribution in [2.75, 3.05) is 26.9 Å². The molecule has 1 saturated heterocycles. The van der Waals surface area contributed by atoms with Crippen LogP contribution in [0.1, 0.15) is 43.5 Å². The van der Waals surface area contributed by atoms with E-state index in [0.717, 1.165) is 5.56 Å². The minimum Gasteiger partial charge on any atom is -0.507 e. The van der Waals surface area contributed by atoms with E-state index >= 15 is 0 Å². The fourth-order valence-electron chi connectivity index (χ4n) is 3.90. The van der Waals surface area contributed by atoms with Crippen LogP contribution in [0.4, 0.5) is 0 Å². The van der Waals surface area contributed by atoms with Crippen LogP contribution in [0.15, 0.2) is 48.0 Å². The lowest BCUT2D eigenvalue weighted by molar-refractivity contribution is -0.140. The summed E-state index contributed by atoms with van der Waals surface area (Å²) in [5.41, 5.74) is 2.02. The normalized spacial score (nSPS) is 17.6. The summed E-state index contributed by atoms with van der Waals surface area (Å²) in [7, 11) is 1.53. The maximum Gasteiger partial charge on any atom is 0.295 e. The first-order valence-corrected chi connectivity index (χ1v) is 11.1. The molecule has 3 rings (SSSR count). The number of benzene rings is 2. The van der Waals surface area contributed by atoms with Gasteiger partial charge >= 0.3 is 0 Å². The van der Waals surface area contributed by atoms with Crippen LogP contribution in [-0.2, 0) is 14.3 Å². The van der Waals surface area contributed by atoms with Gasteiger partial charge in [0.2, 0.25) is 0 Å². The van der Waals surface area contributed by atoms with Crippen molar-refractivity contribution in [2.24, 2.45) is 0 Å². The summed E-state index contributed by atoms with van der Waals surface area (Å²) in [6.07, 6.45) is 0.00826. The van der Waals surface area contributed by atoms with E-state index in [-0.39, 0.29) is 30.6 Å². The highest BCUT2D eigenvalue weighted by Gasteiger charge is 2.45. The van der Waals surface area contributed by atoms with Gasteiger partial charge in [-0.15, -0.1) is 0 Å². The third kappa shape index (κ3) is 5.20. The smallest absolute Gasteiger partial charge is 0.295 e. The molecule has 1 N–H and O–H groups in total. The van der Waals surface area contributed by atoms with E-state index in [1.807, 2.05) is 27.7 Å². The summed E-state index contributed by atoms with van der Waals surface area (Å²) in [6.45, 7) is 8.65. The monoisotopic (exact) mass is 453 g/mol. The Kier molecular flexibility index (Phi) is 7.76. The Balaban J connectivity index is 2.09. The number of hydrogen-bond acceptors (Lipinski definition) is 6. The number of amides is 1. The Labute approximate surface area is 194 Å². The molecule has 1 amide bonds. The molecule has 1 atom stereocenters. The van der Waals surface area contributed by atoms with Gasteiger partial charge in [0.05, 0.1) is 30.9 Å². The van der Waals surface area contributed by atoms with Crippen molar-refractivity contribution < 1.29 is 28.9 Å². The van der Waals surface area contributed by atoms with Crippen molar-refractivity contribution in [3.05, 3.63) is 64.7 Å². The summed E-state index contributed by atoms with van der Waals surface area (Å²) in [5, 5.41) is 11.2. The van der Waals surface area contributed by atoms with Crippen LogP contribution in [0, 0.1) is 6.92 Å². The average molecular weight is 454 g/mol. The molecule has 2 aromatic carbocycles. The van der Waals surface area contributed by atoms with Crippen molar-refractivity contribution in [3.63, 3.8) is 0 Å². The van der Waals surface area contributed by atoms with Gasteiger partial charge in [0, 0.05) is 19.2 Å². The number of nitrogens with zero attached hydrogens (tertiary/aromatic N) is 1. The lowest BCUT2D eigenvalue weighted by atomic mass is 9.94. The molecule has 0 spiro atoms. The van der Waals surface area contributed by atoms with Crippen LogP contribution >= 0.6 is 0 Å². The van der Waals surface area contributed by atoms with Crippen LogP contribution in [0.2, 0.25) is 0 Å². The number of aliphatic hydroxyl groups is 1. The molecule has 7 heteroatoms. The molecule has 1 aliphatic rings. The zero-order valence-electron chi connectivity index (χ0n) is 19.8. The van der Waals surface area contributed by atoms with Gasteiger partial charge in [-0.1, -0.05) is 12.1 Å². The summed E-state index contributed by atoms with van der Waals surface area (Å²) >= 11 is 0. The number of methoxy groups -OCH3 is 1. The van der Waals surface area contributed by atoms with Crippen LogP contribution in [-0.4, -0.2) is 54.7 Å².